The summed E-state index contributed by atoms with van der Waals surface area (Å²) in [6.07, 6.45) is 12.9. The van der Waals surface area contributed by atoms with Crippen LogP contribution in [-0.4, -0.2) is 5.43 Å². The first kappa shape index (κ1) is 22.8. The van der Waals surface area contributed by atoms with Gasteiger partial charge in [-0.05, 0) is 11.1 Å². The predicted molar refractivity (Wildman–Crippen MR) is 120 cm³/mol. The van der Waals surface area contributed by atoms with Gasteiger partial charge in [0.1, 0.15) is 0 Å². The van der Waals surface area contributed by atoms with Crippen LogP contribution in [0.2, 0.25) is 13.1 Å². The molecule has 0 amide bonds. The first-order valence-electron chi connectivity index (χ1n) is 9.64. The van der Waals surface area contributed by atoms with Gasteiger partial charge in [-0.3, -0.25) is 12.2 Å². The standard InChI is InChI=1S/2C12H11.C2H6Si.Zr/c2*1-10-7-8-12(9-10)11-5-3-2-4-6-11;1-3-2;/h2*2-6,9H,8H2,1H3;1-2H3;/q2*-1;;+2. The molecular formula is C26H28SiZr. The van der Waals surface area contributed by atoms with E-state index in [1.54, 1.807) is 23.3 Å². The molecule has 0 saturated carbocycles. The summed E-state index contributed by atoms with van der Waals surface area (Å²) in [5.41, 5.74) is 8.13. The molecule has 0 aliphatic heterocycles. The average molecular weight is 460 g/mol. The molecule has 0 N–H and O–H groups in total. The van der Waals surface area contributed by atoms with Crippen molar-refractivity contribution in [3.63, 3.8) is 0 Å². The number of hydrogen-bond donors (Lipinski definition) is 0. The van der Waals surface area contributed by atoms with Gasteiger partial charge in [0.15, 0.2) is 0 Å². The fourth-order valence-electron chi connectivity index (χ4n) is 2.87. The van der Waals surface area contributed by atoms with Crippen LogP contribution in [0.15, 0.2) is 84.0 Å². The molecule has 0 nitrogen and oxygen atoms in total. The molecule has 0 aromatic heterocycles. The Hall–Kier alpha value is -1.50. The Kier molecular flexibility index (Phi) is 9.88. The third kappa shape index (κ3) is 8.25. The summed E-state index contributed by atoms with van der Waals surface area (Å²) < 4.78 is 0. The second-order valence-electron chi connectivity index (χ2n) is 7.14. The van der Waals surface area contributed by atoms with E-state index >= 15 is 0 Å². The van der Waals surface area contributed by atoms with E-state index in [4.69, 9.17) is 0 Å². The zero-order valence-corrected chi connectivity index (χ0v) is 20.8. The Labute approximate surface area is 186 Å². The predicted octanol–water partition coefficient (Wildman–Crippen LogP) is 7.23. The topological polar surface area (TPSA) is 0 Å². The van der Waals surface area contributed by atoms with Crippen LogP contribution >= 0.6 is 0 Å². The van der Waals surface area contributed by atoms with E-state index in [1.807, 2.05) is 12.1 Å². The summed E-state index contributed by atoms with van der Waals surface area (Å²) in [7, 11) is 0. The fraction of sp³-hybridized carbons (Fsp3) is 0.231. The number of benzene rings is 2. The zero-order chi connectivity index (χ0) is 20.4. The Bertz CT molecular complexity index is 824. The summed E-state index contributed by atoms with van der Waals surface area (Å²) in [5, 5.41) is 0. The molecule has 0 fully saturated rings. The maximum atomic E-state index is 3.29. The van der Waals surface area contributed by atoms with E-state index in [2.05, 4.69) is 99.8 Å². The van der Waals surface area contributed by atoms with Gasteiger partial charge >= 0.3 is 41.9 Å². The summed E-state index contributed by atoms with van der Waals surface area (Å²) in [6.45, 7) is 8.80. The summed E-state index contributed by atoms with van der Waals surface area (Å²) in [4.78, 5) is 0. The first-order chi connectivity index (χ1) is 13.5. The second-order valence-corrected chi connectivity index (χ2v) is 16.5. The normalized spacial score (nSPS) is 14.5. The van der Waals surface area contributed by atoms with Gasteiger partial charge in [0.2, 0.25) is 0 Å². The van der Waals surface area contributed by atoms with Crippen molar-refractivity contribution in [2.24, 2.45) is 0 Å². The number of hydrogen-bond acceptors (Lipinski definition) is 0. The molecule has 0 heterocycles. The van der Waals surface area contributed by atoms with Crippen LogP contribution in [0.3, 0.4) is 0 Å². The van der Waals surface area contributed by atoms with Crippen molar-refractivity contribution < 1.29 is 23.3 Å². The molecule has 0 bridgehead atoms. The van der Waals surface area contributed by atoms with Crippen LogP contribution in [0.1, 0.15) is 37.8 Å². The molecule has 2 aliphatic carbocycles. The molecule has 0 radical (unpaired) electrons. The molecule has 28 heavy (non-hydrogen) atoms. The van der Waals surface area contributed by atoms with Gasteiger partial charge in [-0.2, -0.15) is 0 Å². The minimum atomic E-state index is 0.210. The van der Waals surface area contributed by atoms with E-state index in [-0.39, 0.29) is 5.43 Å². The number of rotatable bonds is 2. The molecule has 0 saturated heterocycles. The van der Waals surface area contributed by atoms with Crippen LogP contribution < -0.4 is 0 Å². The van der Waals surface area contributed by atoms with Crippen molar-refractivity contribution in [3.05, 3.63) is 107 Å². The van der Waals surface area contributed by atoms with Crippen LogP contribution in [0.25, 0.3) is 11.1 Å². The van der Waals surface area contributed by atoms with Crippen LogP contribution in [0, 0.1) is 12.2 Å². The van der Waals surface area contributed by atoms with Gasteiger partial charge in [-0.15, -0.1) is 24.0 Å². The molecule has 0 atom stereocenters. The van der Waals surface area contributed by atoms with Crippen molar-refractivity contribution in [2.75, 3.05) is 0 Å². The van der Waals surface area contributed by atoms with E-state index < -0.39 is 0 Å². The quantitative estimate of drug-likeness (QED) is 0.328. The van der Waals surface area contributed by atoms with Gasteiger partial charge in [-0.1, -0.05) is 74.5 Å². The van der Waals surface area contributed by atoms with E-state index in [0.29, 0.717) is 0 Å². The monoisotopic (exact) mass is 458 g/mol. The van der Waals surface area contributed by atoms with Crippen LogP contribution in [-0.2, 0) is 23.3 Å². The van der Waals surface area contributed by atoms with Crippen molar-refractivity contribution in [2.45, 2.75) is 39.8 Å². The molecule has 2 heteroatoms. The number of allylic oxidation sites excluding steroid dienone is 8. The fourth-order valence-corrected chi connectivity index (χ4v) is 2.87. The molecular weight excluding hydrogens is 432 g/mol. The van der Waals surface area contributed by atoms with Crippen molar-refractivity contribution in [1.82, 2.24) is 0 Å². The Balaban J connectivity index is 0.000000169. The molecule has 2 aromatic rings. The molecule has 2 aromatic carbocycles. The van der Waals surface area contributed by atoms with Crippen LogP contribution in [0.5, 0.6) is 0 Å². The summed E-state index contributed by atoms with van der Waals surface area (Å²) >= 11 is 1.74. The van der Waals surface area contributed by atoms with E-state index in [1.165, 1.54) is 33.4 Å². The SMILES string of the molecule is CC1=[C-]CC(c2ccccc2)=C1.CC1=[C-]CC(c2ccccc2)=C1.C[Si](C)=[Zr+2]. The zero-order valence-electron chi connectivity index (χ0n) is 17.3. The minimum absolute atomic E-state index is 0.210. The van der Waals surface area contributed by atoms with Crippen molar-refractivity contribution in [1.29, 1.82) is 0 Å². The van der Waals surface area contributed by atoms with Crippen molar-refractivity contribution >= 4 is 16.6 Å². The average Bonchev–Trinajstić information content (AvgIpc) is 3.32. The summed E-state index contributed by atoms with van der Waals surface area (Å²) in [5.74, 6) is 0. The van der Waals surface area contributed by atoms with Crippen LogP contribution in [0.4, 0.5) is 0 Å². The Morgan fingerprint density at radius 2 is 1.00 bits per heavy atom. The molecule has 2 aliphatic rings. The van der Waals surface area contributed by atoms with Gasteiger partial charge in [0.05, 0.1) is 0 Å². The van der Waals surface area contributed by atoms with E-state index in [9.17, 15) is 0 Å². The molecule has 140 valence electrons. The molecule has 4 rings (SSSR count). The molecule has 0 spiro atoms. The van der Waals surface area contributed by atoms with E-state index in [0.717, 1.165) is 12.8 Å². The maximum absolute atomic E-state index is 3.29. The first-order valence-corrected chi connectivity index (χ1v) is 15.8. The molecule has 0 unspecified atom stereocenters. The Morgan fingerprint density at radius 1 is 0.679 bits per heavy atom. The van der Waals surface area contributed by atoms with Gasteiger partial charge in [0, 0.05) is 0 Å². The van der Waals surface area contributed by atoms with Crippen molar-refractivity contribution in [3.8, 4) is 0 Å². The third-order valence-electron chi connectivity index (χ3n) is 4.19. The van der Waals surface area contributed by atoms with Gasteiger partial charge < -0.3 is 0 Å². The Morgan fingerprint density at radius 3 is 1.25 bits per heavy atom. The van der Waals surface area contributed by atoms with Gasteiger partial charge in [0.25, 0.3) is 0 Å². The third-order valence-corrected chi connectivity index (χ3v) is 4.19. The summed E-state index contributed by atoms with van der Waals surface area (Å²) in [6, 6.07) is 21.0. The van der Waals surface area contributed by atoms with Gasteiger partial charge in [-0.25, -0.2) is 23.3 Å². The second kappa shape index (κ2) is 12.1.